The number of rotatable bonds is 2. The maximum absolute atomic E-state index is 11.0. The third-order valence-corrected chi connectivity index (χ3v) is 2.53. The van der Waals surface area contributed by atoms with Gasteiger partial charge in [0.1, 0.15) is 0 Å². The molecule has 0 saturated heterocycles. The molecule has 0 bridgehead atoms. The maximum Gasteiger partial charge on any atom is 0.354 e. The summed E-state index contributed by atoms with van der Waals surface area (Å²) >= 11 is 10.6. The minimum atomic E-state index is -1.06. The molecule has 1 aromatic carbocycles. The van der Waals surface area contributed by atoms with Crippen molar-refractivity contribution in [3.8, 4) is 11.3 Å². The van der Waals surface area contributed by atoms with Gasteiger partial charge in [-0.1, -0.05) is 23.7 Å². The first-order chi connectivity index (χ1) is 7.58. The van der Waals surface area contributed by atoms with Crippen LogP contribution in [0.15, 0.2) is 24.3 Å². The largest absolute Gasteiger partial charge is 0.477 e. The lowest BCUT2D eigenvalue weighted by molar-refractivity contribution is 0.0692. The van der Waals surface area contributed by atoms with E-state index >= 15 is 0 Å². The Morgan fingerprint density at radius 2 is 1.88 bits per heavy atom. The number of H-pyrrole nitrogens is 2. The molecule has 1 aromatic heterocycles. The normalized spacial score (nSPS) is 10.3. The van der Waals surface area contributed by atoms with E-state index in [2.05, 4.69) is 9.97 Å². The van der Waals surface area contributed by atoms with Crippen LogP contribution in [-0.4, -0.2) is 21.0 Å². The Hall–Kier alpha value is -1.59. The number of aromatic amines is 2. The van der Waals surface area contributed by atoms with Crippen molar-refractivity contribution in [3.63, 3.8) is 0 Å². The van der Waals surface area contributed by atoms with Gasteiger partial charge in [0.15, 0.2) is 10.5 Å². The lowest BCUT2D eigenvalue weighted by Gasteiger charge is -1.99. The van der Waals surface area contributed by atoms with Gasteiger partial charge in [0.25, 0.3) is 0 Å². The van der Waals surface area contributed by atoms with Gasteiger partial charge in [0.2, 0.25) is 0 Å². The Morgan fingerprint density at radius 3 is 2.44 bits per heavy atom. The molecule has 0 fully saturated rings. The quantitative estimate of drug-likeness (QED) is 0.722. The number of carboxylic acids is 1. The third kappa shape index (κ3) is 2.00. The highest BCUT2D eigenvalue weighted by Gasteiger charge is 2.14. The number of nitrogens with one attached hydrogen (secondary N) is 2. The molecule has 3 N–H and O–H groups in total. The number of hydrogen-bond acceptors (Lipinski definition) is 2. The van der Waals surface area contributed by atoms with E-state index in [4.69, 9.17) is 28.9 Å². The first-order valence-electron chi connectivity index (χ1n) is 4.39. The van der Waals surface area contributed by atoms with Crippen molar-refractivity contribution in [2.24, 2.45) is 0 Å². The summed E-state index contributed by atoms with van der Waals surface area (Å²) < 4.78 is 0.280. The molecule has 0 saturated carbocycles. The number of carbonyl (C=O) groups is 1. The lowest BCUT2D eigenvalue weighted by Crippen LogP contribution is -1.98. The lowest BCUT2D eigenvalue weighted by atomic mass is 10.1. The molecule has 16 heavy (non-hydrogen) atoms. The number of aromatic carboxylic acids is 1. The smallest absolute Gasteiger partial charge is 0.354 e. The Bertz CT molecular complexity index is 586. The first kappa shape index (κ1) is 10.9. The van der Waals surface area contributed by atoms with Crippen LogP contribution in [0, 0.1) is 4.77 Å². The van der Waals surface area contributed by atoms with Gasteiger partial charge in [-0.25, -0.2) is 4.79 Å². The number of halogens is 1. The number of aromatic nitrogens is 2. The third-order valence-electron chi connectivity index (χ3n) is 2.07. The van der Waals surface area contributed by atoms with Crippen LogP contribution < -0.4 is 0 Å². The van der Waals surface area contributed by atoms with E-state index in [1.165, 1.54) is 0 Å². The highest BCUT2D eigenvalue weighted by atomic mass is 35.5. The van der Waals surface area contributed by atoms with Crippen LogP contribution in [-0.2, 0) is 0 Å². The SMILES string of the molecule is O=C(O)c1[nH]c(=S)[nH]c1-c1ccc(Cl)cc1. The molecule has 0 amide bonds. The summed E-state index contributed by atoms with van der Waals surface area (Å²) in [6.45, 7) is 0. The molecular weight excluding hydrogens is 248 g/mol. The van der Waals surface area contributed by atoms with Gasteiger partial charge in [-0.3, -0.25) is 0 Å². The van der Waals surface area contributed by atoms with E-state index in [-0.39, 0.29) is 10.5 Å². The minimum absolute atomic E-state index is 0.0484. The average Bonchev–Trinajstić information content (AvgIpc) is 2.61. The summed E-state index contributed by atoms with van der Waals surface area (Å²) in [4.78, 5) is 16.3. The zero-order valence-electron chi connectivity index (χ0n) is 7.95. The van der Waals surface area contributed by atoms with Gasteiger partial charge in [0.05, 0.1) is 5.69 Å². The zero-order valence-corrected chi connectivity index (χ0v) is 9.52. The monoisotopic (exact) mass is 254 g/mol. The van der Waals surface area contributed by atoms with Gasteiger partial charge in [-0.2, -0.15) is 0 Å². The van der Waals surface area contributed by atoms with Crippen LogP contribution in [0.3, 0.4) is 0 Å². The summed E-state index contributed by atoms with van der Waals surface area (Å²) in [5, 5.41) is 9.56. The van der Waals surface area contributed by atoms with Gasteiger partial charge in [0, 0.05) is 10.6 Å². The summed E-state index contributed by atoms with van der Waals surface area (Å²) in [6, 6.07) is 6.82. The van der Waals surface area contributed by atoms with Crippen molar-refractivity contribution < 1.29 is 9.90 Å². The second-order valence-electron chi connectivity index (χ2n) is 3.14. The van der Waals surface area contributed by atoms with E-state index in [0.29, 0.717) is 16.3 Å². The molecule has 1 heterocycles. The van der Waals surface area contributed by atoms with E-state index in [0.717, 1.165) is 0 Å². The maximum atomic E-state index is 11.0. The van der Waals surface area contributed by atoms with Gasteiger partial charge in [-0.05, 0) is 24.4 Å². The van der Waals surface area contributed by atoms with E-state index in [1.807, 2.05) is 0 Å². The summed E-state index contributed by atoms with van der Waals surface area (Å²) in [7, 11) is 0. The van der Waals surface area contributed by atoms with Crippen molar-refractivity contribution >= 4 is 29.8 Å². The Morgan fingerprint density at radius 1 is 1.25 bits per heavy atom. The molecule has 0 aliphatic rings. The van der Waals surface area contributed by atoms with Gasteiger partial charge in [-0.15, -0.1) is 0 Å². The predicted octanol–water partition coefficient (Wildman–Crippen LogP) is 3.09. The second kappa shape index (κ2) is 4.11. The molecular formula is C10H7ClN2O2S. The number of imidazole rings is 1. The molecule has 0 spiro atoms. The molecule has 0 aliphatic heterocycles. The fourth-order valence-electron chi connectivity index (χ4n) is 1.38. The Kier molecular flexibility index (Phi) is 2.80. The predicted molar refractivity (Wildman–Crippen MR) is 63.4 cm³/mol. The molecule has 0 radical (unpaired) electrons. The summed E-state index contributed by atoms with van der Waals surface area (Å²) in [6.07, 6.45) is 0. The highest BCUT2D eigenvalue weighted by Crippen LogP contribution is 2.22. The minimum Gasteiger partial charge on any atom is -0.477 e. The standard InChI is InChI=1S/C10H7ClN2O2S/c11-6-3-1-5(2-4-6)7-8(9(14)15)13-10(16)12-7/h1-4H,(H,14,15)(H2,12,13,16). The fourth-order valence-corrected chi connectivity index (χ4v) is 1.71. The van der Waals surface area contributed by atoms with Crippen molar-refractivity contribution in [1.82, 2.24) is 9.97 Å². The first-order valence-corrected chi connectivity index (χ1v) is 5.18. The topological polar surface area (TPSA) is 68.9 Å². The second-order valence-corrected chi connectivity index (χ2v) is 3.99. The van der Waals surface area contributed by atoms with Crippen molar-refractivity contribution in [2.45, 2.75) is 0 Å². The average molecular weight is 255 g/mol. The number of carboxylic acid groups (broad SMARTS) is 1. The highest BCUT2D eigenvalue weighted by molar-refractivity contribution is 7.71. The fraction of sp³-hybridized carbons (Fsp3) is 0. The Labute approximate surface area is 101 Å². The van der Waals surface area contributed by atoms with Crippen LogP contribution >= 0.6 is 23.8 Å². The Balaban J connectivity index is 2.59. The van der Waals surface area contributed by atoms with Crippen molar-refractivity contribution in [3.05, 3.63) is 39.8 Å². The molecule has 0 atom stereocenters. The molecule has 4 nitrogen and oxygen atoms in total. The van der Waals surface area contributed by atoms with E-state index in [1.54, 1.807) is 24.3 Å². The molecule has 0 unspecified atom stereocenters. The van der Waals surface area contributed by atoms with Gasteiger partial charge < -0.3 is 15.1 Å². The van der Waals surface area contributed by atoms with Crippen LogP contribution in [0.2, 0.25) is 5.02 Å². The van der Waals surface area contributed by atoms with Crippen LogP contribution in [0.5, 0.6) is 0 Å². The number of benzene rings is 1. The van der Waals surface area contributed by atoms with E-state index < -0.39 is 5.97 Å². The molecule has 2 rings (SSSR count). The van der Waals surface area contributed by atoms with Crippen LogP contribution in [0.25, 0.3) is 11.3 Å². The van der Waals surface area contributed by atoms with E-state index in [9.17, 15) is 4.79 Å². The number of hydrogen-bond donors (Lipinski definition) is 3. The van der Waals surface area contributed by atoms with Crippen LogP contribution in [0.4, 0.5) is 0 Å². The molecule has 2 aromatic rings. The molecule has 6 heteroatoms. The van der Waals surface area contributed by atoms with Gasteiger partial charge >= 0.3 is 5.97 Å². The van der Waals surface area contributed by atoms with Crippen molar-refractivity contribution in [1.29, 1.82) is 0 Å². The summed E-state index contributed by atoms with van der Waals surface area (Å²) in [5.74, 6) is -1.06. The summed E-state index contributed by atoms with van der Waals surface area (Å²) in [5.41, 5.74) is 1.22. The zero-order chi connectivity index (χ0) is 11.7. The molecule has 82 valence electrons. The molecule has 0 aliphatic carbocycles. The van der Waals surface area contributed by atoms with Crippen LogP contribution in [0.1, 0.15) is 10.5 Å². The van der Waals surface area contributed by atoms with Crippen molar-refractivity contribution in [2.75, 3.05) is 0 Å².